The molecule has 0 radical (unpaired) electrons. The lowest BCUT2D eigenvalue weighted by atomic mass is 10.2. The number of aromatic nitrogens is 3. The van der Waals surface area contributed by atoms with E-state index in [2.05, 4.69) is 21.1 Å². The van der Waals surface area contributed by atoms with Crippen molar-refractivity contribution in [1.29, 1.82) is 0 Å². The Balaban J connectivity index is 0.00000187. The largest absolute Gasteiger partial charge is 0.389 e. The number of anilines is 2. The van der Waals surface area contributed by atoms with Gasteiger partial charge in [-0.3, -0.25) is 9.48 Å². The van der Waals surface area contributed by atoms with Gasteiger partial charge in [-0.25, -0.2) is 13.8 Å². The van der Waals surface area contributed by atoms with E-state index in [9.17, 15) is 13.6 Å². The SMILES string of the molecule is CCCOC(OCC)c1c(NC(=O)c2nc(-c3c(F)cccc3F)sc2N)cnn1C.CN. The van der Waals surface area contributed by atoms with E-state index in [1.807, 2.05) is 13.8 Å². The first-order chi connectivity index (χ1) is 15.9. The van der Waals surface area contributed by atoms with Crippen LogP contribution in [0.4, 0.5) is 19.5 Å². The molecule has 2 aromatic heterocycles. The summed E-state index contributed by atoms with van der Waals surface area (Å²) in [6, 6.07) is 3.47. The summed E-state index contributed by atoms with van der Waals surface area (Å²) in [5.74, 6) is -2.22. The van der Waals surface area contributed by atoms with E-state index in [-0.39, 0.29) is 21.3 Å². The van der Waals surface area contributed by atoms with Gasteiger partial charge in [0, 0.05) is 20.3 Å². The number of benzene rings is 1. The maximum Gasteiger partial charge on any atom is 0.277 e. The minimum atomic E-state index is -0.789. The molecule has 3 aromatic rings. The number of nitrogens with two attached hydrogens (primary N) is 2. The van der Waals surface area contributed by atoms with E-state index < -0.39 is 23.8 Å². The maximum atomic E-state index is 14.1. The van der Waals surface area contributed by atoms with Crippen molar-refractivity contribution in [3.63, 3.8) is 0 Å². The number of thiazole rings is 1. The predicted molar refractivity (Wildman–Crippen MR) is 124 cm³/mol. The summed E-state index contributed by atoms with van der Waals surface area (Å²) < 4.78 is 41.1. The zero-order chi connectivity index (χ0) is 24.5. The Morgan fingerprint density at radius 3 is 2.52 bits per heavy atom. The molecule has 0 saturated heterocycles. The van der Waals surface area contributed by atoms with E-state index in [4.69, 9.17) is 15.2 Å². The topological polar surface area (TPSA) is 130 Å². The van der Waals surface area contributed by atoms with Gasteiger partial charge in [-0.2, -0.15) is 5.10 Å². The number of halogens is 2. The first-order valence-corrected chi connectivity index (χ1v) is 11.0. The molecule has 1 atom stereocenters. The normalized spacial score (nSPS) is 11.6. The van der Waals surface area contributed by atoms with Crippen LogP contribution in [0.5, 0.6) is 0 Å². The van der Waals surface area contributed by atoms with Crippen LogP contribution in [0, 0.1) is 11.6 Å². The molecular formula is C21H28F2N6O3S. The first kappa shape index (κ1) is 26.3. The second-order valence-electron chi connectivity index (χ2n) is 6.51. The summed E-state index contributed by atoms with van der Waals surface area (Å²) in [5, 5.41) is 6.87. The lowest BCUT2D eigenvalue weighted by molar-refractivity contribution is -0.147. The van der Waals surface area contributed by atoms with E-state index in [1.54, 1.807) is 7.05 Å². The van der Waals surface area contributed by atoms with Gasteiger partial charge in [-0.1, -0.05) is 24.3 Å². The summed E-state index contributed by atoms with van der Waals surface area (Å²) in [5.41, 5.74) is 10.8. The second kappa shape index (κ2) is 12.3. The van der Waals surface area contributed by atoms with E-state index in [0.717, 1.165) is 29.9 Å². The lowest BCUT2D eigenvalue weighted by Crippen LogP contribution is -2.19. The minimum absolute atomic E-state index is 0.0249. The number of nitrogens with one attached hydrogen (secondary N) is 1. The quantitative estimate of drug-likeness (QED) is 0.397. The molecule has 180 valence electrons. The fourth-order valence-electron chi connectivity index (χ4n) is 2.89. The van der Waals surface area contributed by atoms with Gasteiger partial charge in [0.1, 0.15) is 27.3 Å². The molecule has 3 rings (SSSR count). The molecule has 33 heavy (non-hydrogen) atoms. The molecule has 0 aliphatic rings. The Morgan fingerprint density at radius 1 is 1.24 bits per heavy atom. The Labute approximate surface area is 194 Å². The third-order valence-electron chi connectivity index (χ3n) is 4.29. The summed E-state index contributed by atoms with van der Waals surface area (Å²) >= 11 is 0.825. The van der Waals surface area contributed by atoms with Crippen LogP contribution in [0.25, 0.3) is 10.6 Å². The summed E-state index contributed by atoms with van der Waals surface area (Å²) in [7, 11) is 3.20. The molecular weight excluding hydrogens is 454 g/mol. The van der Waals surface area contributed by atoms with Crippen molar-refractivity contribution in [1.82, 2.24) is 14.8 Å². The maximum absolute atomic E-state index is 14.1. The van der Waals surface area contributed by atoms with Crippen LogP contribution in [0.15, 0.2) is 24.4 Å². The average molecular weight is 483 g/mol. The zero-order valence-electron chi connectivity index (χ0n) is 18.9. The molecule has 0 saturated carbocycles. The predicted octanol–water partition coefficient (Wildman–Crippen LogP) is 3.69. The van der Waals surface area contributed by atoms with Gasteiger partial charge >= 0.3 is 0 Å². The van der Waals surface area contributed by atoms with Crippen LogP contribution in [-0.2, 0) is 16.5 Å². The highest BCUT2D eigenvalue weighted by atomic mass is 32.1. The highest BCUT2D eigenvalue weighted by molar-refractivity contribution is 7.19. The van der Waals surface area contributed by atoms with Crippen LogP contribution in [0.3, 0.4) is 0 Å². The van der Waals surface area contributed by atoms with E-state index >= 15 is 0 Å². The van der Waals surface area contributed by atoms with Crippen molar-refractivity contribution >= 4 is 27.9 Å². The molecule has 12 heteroatoms. The Morgan fingerprint density at radius 2 is 1.91 bits per heavy atom. The van der Waals surface area contributed by atoms with Crippen molar-refractivity contribution in [2.75, 3.05) is 31.3 Å². The van der Waals surface area contributed by atoms with Gasteiger partial charge in [0.15, 0.2) is 5.69 Å². The number of hydrogen-bond acceptors (Lipinski definition) is 8. The Kier molecular flexibility index (Phi) is 9.85. The lowest BCUT2D eigenvalue weighted by Gasteiger charge is -2.19. The number of nitrogen functional groups attached to an aromatic ring is 1. The van der Waals surface area contributed by atoms with Crippen molar-refractivity contribution in [3.05, 3.63) is 47.4 Å². The fourth-order valence-corrected chi connectivity index (χ4v) is 3.77. The van der Waals surface area contributed by atoms with Crippen molar-refractivity contribution in [2.24, 2.45) is 12.8 Å². The number of hydrogen-bond donors (Lipinski definition) is 3. The van der Waals surface area contributed by atoms with Crippen molar-refractivity contribution < 1.29 is 23.0 Å². The van der Waals surface area contributed by atoms with Crippen LogP contribution < -0.4 is 16.8 Å². The van der Waals surface area contributed by atoms with Crippen LogP contribution in [0.2, 0.25) is 0 Å². The molecule has 0 aliphatic heterocycles. The average Bonchev–Trinajstić information content (AvgIpc) is 3.35. The number of ether oxygens (including phenoxy) is 2. The van der Waals surface area contributed by atoms with Crippen molar-refractivity contribution in [3.8, 4) is 10.6 Å². The third kappa shape index (κ3) is 6.11. The molecule has 2 heterocycles. The zero-order valence-corrected chi connectivity index (χ0v) is 19.7. The van der Waals surface area contributed by atoms with Crippen LogP contribution in [-0.4, -0.2) is 40.9 Å². The summed E-state index contributed by atoms with van der Waals surface area (Å²) in [6.07, 6.45) is 1.51. The molecule has 5 N–H and O–H groups in total. The highest BCUT2D eigenvalue weighted by Crippen LogP contribution is 2.34. The highest BCUT2D eigenvalue weighted by Gasteiger charge is 2.25. The van der Waals surface area contributed by atoms with Crippen LogP contribution in [0.1, 0.15) is 42.7 Å². The van der Waals surface area contributed by atoms with E-state index in [1.165, 1.54) is 24.0 Å². The molecule has 1 amide bonds. The number of nitrogens with zero attached hydrogens (tertiary/aromatic N) is 3. The number of amides is 1. The Bertz CT molecular complexity index is 1050. The number of aryl methyl sites for hydroxylation is 1. The van der Waals surface area contributed by atoms with Crippen LogP contribution >= 0.6 is 11.3 Å². The van der Waals surface area contributed by atoms with Crippen molar-refractivity contribution in [2.45, 2.75) is 26.6 Å². The van der Waals surface area contributed by atoms with Gasteiger partial charge in [0.25, 0.3) is 5.91 Å². The summed E-state index contributed by atoms with van der Waals surface area (Å²) in [6.45, 7) is 4.65. The van der Waals surface area contributed by atoms with Gasteiger partial charge in [-0.15, -0.1) is 0 Å². The van der Waals surface area contributed by atoms with Gasteiger partial charge < -0.3 is 26.3 Å². The molecule has 0 fully saturated rings. The molecule has 1 aromatic carbocycles. The molecule has 0 spiro atoms. The Hall–Kier alpha value is -2.93. The van der Waals surface area contributed by atoms with E-state index in [0.29, 0.717) is 24.6 Å². The number of carbonyl (C=O) groups is 1. The third-order valence-corrected chi connectivity index (χ3v) is 5.19. The molecule has 0 aliphatic carbocycles. The van der Waals surface area contributed by atoms with Gasteiger partial charge in [0.2, 0.25) is 6.29 Å². The monoisotopic (exact) mass is 482 g/mol. The van der Waals surface area contributed by atoms with Gasteiger partial charge in [-0.05, 0) is 32.5 Å². The van der Waals surface area contributed by atoms with Gasteiger partial charge in [0.05, 0.1) is 17.4 Å². The molecule has 1 unspecified atom stereocenters. The number of carbonyl (C=O) groups excluding carboxylic acids is 1. The minimum Gasteiger partial charge on any atom is -0.389 e. The smallest absolute Gasteiger partial charge is 0.277 e. The standard InChI is InChI=1S/C20H23F2N5O3S.CH5N/c1-4-9-30-20(29-5-2)16-13(10-24-27(16)3)25-18(28)15-17(23)31-19(26-15)14-11(21)7-6-8-12(14)22;1-2/h6-8,10,20H,4-5,9,23H2,1-3H3,(H,25,28);2H2,1H3. The fraction of sp³-hybridized carbons (Fsp3) is 0.381. The second-order valence-corrected chi connectivity index (χ2v) is 7.54. The molecule has 9 nitrogen and oxygen atoms in total. The number of rotatable bonds is 9. The molecule has 0 bridgehead atoms. The first-order valence-electron chi connectivity index (χ1n) is 10.2. The summed E-state index contributed by atoms with van der Waals surface area (Å²) in [4.78, 5) is 16.9.